The lowest BCUT2D eigenvalue weighted by atomic mass is 9.91. The normalized spacial score (nSPS) is 21.5. The van der Waals surface area contributed by atoms with E-state index in [0.29, 0.717) is 25.1 Å². The molecule has 2 fully saturated rings. The van der Waals surface area contributed by atoms with Gasteiger partial charge in [-0.1, -0.05) is 49.4 Å². The number of aliphatic hydroxyl groups excluding tert-OH is 1. The van der Waals surface area contributed by atoms with Crippen LogP contribution in [0.4, 0.5) is 0 Å². The van der Waals surface area contributed by atoms with E-state index in [0.717, 1.165) is 30.4 Å². The van der Waals surface area contributed by atoms with Crippen molar-refractivity contribution in [2.75, 3.05) is 20.3 Å². The Balaban J connectivity index is 1.56. The van der Waals surface area contributed by atoms with Gasteiger partial charge in [0.2, 0.25) is 11.8 Å². The van der Waals surface area contributed by atoms with E-state index in [1.165, 1.54) is 0 Å². The van der Waals surface area contributed by atoms with E-state index in [9.17, 15) is 19.5 Å². The molecule has 0 bridgehead atoms. The molecule has 0 spiro atoms. The van der Waals surface area contributed by atoms with Gasteiger partial charge >= 0.3 is 0 Å². The summed E-state index contributed by atoms with van der Waals surface area (Å²) in [7, 11) is 1.58. The Morgan fingerprint density at radius 2 is 1.59 bits per heavy atom. The first-order valence-corrected chi connectivity index (χ1v) is 13.0. The molecule has 4 rings (SSSR count). The third-order valence-electron chi connectivity index (χ3n) is 7.68. The van der Waals surface area contributed by atoms with E-state index in [2.05, 4.69) is 16.0 Å². The zero-order valence-electron chi connectivity index (χ0n) is 21.6. The van der Waals surface area contributed by atoms with Crippen molar-refractivity contribution in [1.82, 2.24) is 16.0 Å². The summed E-state index contributed by atoms with van der Waals surface area (Å²) in [6, 6.07) is 15.3. The van der Waals surface area contributed by atoms with Crippen molar-refractivity contribution in [3.63, 3.8) is 0 Å². The maximum Gasteiger partial charge on any atom is 0.243 e. The highest BCUT2D eigenvalue weighted by molar-refractivity contribution is 5.97. The Morgan fingerprint density at radius 3 is 2.16 bits per heavy atom. The number of methoxy groups -OCH3 is 1. The summed E-state index contributed by atoms with van der Waals surface area (Å²) < 4.78 is 5.23. The number of carbonyl (C=O) groups is 3. The topological polar surface area (TPSA) is 117 Å². The van der Waals surface area contributed by atoms with Crippen LogP contribution >= 0.6 is 0 Å². The van der Waals surface area contributed by atoms with Gasteiger partial charge in [-0.3, -0.25) is 14.4 Å². The van der Waals surface area contributed by atoms with Crippen LogP contribution in [0.3, 0.4) is 0 Å². The minimum atomic E-state index is -1.11. The smallest absolute Gasteiger partial charge is 0.243 e. The second-order valence-corrected chi connectivity index (χ2v) is 10.5. The molecular formula is C29H37N3O5. The molecule has 0 unspecified atom stereocenters. The number of Topliss-reactive ketones (excluding diaryl/α,β-unsaturated/α-hetero) is 1. The Kier molecular flexibility index (Phi) is 8.29. The standard InChI is InChI=1S/C29H37N3O5/c1-28(14-15-28)25(34)23(17-20-7-4-3-5-8-20)31-26(35)24(18-21-9-11-22(37-2)12-10-21)32-27(36)29(19-33)13-6-16-30-29/h3-5,7-12,23-24,30,33H,6,13-19H2,1-2H3,(H,31,35)(H,32,36)/t23-,24-,29-/m0/s1. The monoisotopic (exact) mass is 507 g/mol. The largest absolute Gasteiger partial charge is 0.497 e. The predicted octanol–water partition coefficient (Wildman–Crippen LogP) is 1.93. The average molecular weight is 508 g/mol. The van der Waals surface area contributed by atoms with Crippen molar-refractivity contribution < 1.29 is 24.2 Å². The lowest BCUT2D eigenvalue weighted by molar-refractivity contribution is -0.135. The van der Waals surface area contributed by atoms with E-state index in [-0.39, 0.29) is 18.8 Å². The van der Waals surface area contributed by atoms with Crippen LogP contribution in [0.1, 0.15) is 43.7 Å². The minimum Gasteiger partial charge on any atom is -0.497 e. The molecule has 1 aliphatic carbocycles. The van der Waals surface area contributed by atoms with Crippen LogP contribution in [-0.2, 0) is 27.2 Å². The number of ketones is 1. The summed E-state index contributed by atoms with van der Waals surface area (Å²) in [5.74, 6) is -0.132. The van der Waals surface area contributed by atoms with Crippen molar-refractivity contribution in [2.45, 2.75) is 63.1 Å². The summed E-state index contributed by atoms with van der Waals surface area (Å²) >= 11 is 0. The van der Waals surface area contributed by atoms with Crippen LogP contribution in [-0.4, -0.2) is 60.6 Å². The Labute approximate surface area is 218 Å². The van der Waals surface area contributed by atoms with E-state index in [1.54, 1.807) is 19.2 Å². The molecule has 1 saturated carbocycles. The summed E-state index contributed by atoms with van der Waals surface area (Å²) in [6.45, 7) is 2.20. The first-order chi connectivity index (χ1) is 17.8. The highest BCUT2D eigenvalue weighted by Crippen LogP contribution is 2.46. The van der Waals surface area contributed by atoms with Crippen molar-refractivity contribution in [3.8, 4) is 5.75 Å². The molecule has 2 amide bonds. The van der Waals surface area contributed by atoms with Crippen LogP contribution in [0.25, 0.3) is 0 Å². The molecule has 4 N–H and O–H groups in total. The van der Waals surface area contributed by atoms with Gasteiger partial charge < -0.3 is 25.8 Å². The maximum atomic E-state index is 13.7. The Morgan fingerprint density at radius 1 is 0.946 bits per heavy atom. The molecule has 37 heavy (non-hydrogen) atoms. The third-order valence-corrected chi connectivity index (χ3v) is 7.68. The van der Waals surface area contributed by atoms with E-state index < -0.39 is 34.9 Å². The molecular weight excluding hydrogens is 470 g/mol. The number of nitrogens with one attached hydrogen (secondary N) is 3. The zero-order chi connectivity index (χ0) is 26.5. The van der Waals surface area contributed by atoms with E-state index in [1.807, 2.05) is 49.4 Å². The second kappa shape index (κ2) is 11.4. The number of rotatable bonds is 12. The van der Waals surface area contributed by atoms with Crippen LogP contribution < -0.4 is 20.7 Å². The number of hydrogen-bond acceptors (Lipinski definition) is 6. The number of carbonyl (C=O) groups excluding carboxylic acids is 3. The number of ether oxygens (including phenoxy) is 1. The van der Waals surface area contributed by atoms with Gasteiger partial charge in [0.15, 0.2) is 5.78 Å². The fourth-order valence-corrected chi connectivity index (χ4v) is 4.90. The van der Waals surface area contributed by atoms with Crippen molar-refractivity contribution in [2.24, 2.45) is 5.41 Å². The van der Waals surface area contributed by atoms with Crippen molar-refractivity contribution >= 4 is 17.6 Å². The summed E-state index contributed by atoms with van der Waals surface area (Å²) in [5, 5.41) is 18.9. The fourth-order valence-electron chi connectivity index (χ4n) is 4.90. The van der Waals surface area contributed by atoms with Crippen LogP contribution in [0.5, 0.6) is 5.75 Å². The highest BCUT2D eigenvalue weighted by Gasteiger charge is 2.48. The van der Waals surface area contributed by atoms with Gasteiger partial charge in [0.1, 0.15) is 17.3 Å². The molecule has 0 aromatic heterocycles. The molecule has 1 heterocycles. The van der Waals surface area contributed by atoms with Crippen molar-refractivity contribution in [1.29, 1.82) is 0 Å². The maximum absolute atomic E-state index is 13.7. The minimum absolute atomic E-state index is 0.0171. The van der Waals surface area contributed by atoms with Gasteiger partial charge in [-0.2, -0.15) is 0 Å². The molecule has 2 aromatic carbocycles. The Hall–Kier alpha value is -3.23. The summed E-state index contributed by atoms with van der Waals surface area (Å²) in [5.41, 5.74) is 0.254. The van der Waals surface area contributed by atoms with Crippen LogP contribution in [0.15, 0.2) is 54.6 Å². The van der Waals surface area contributed by atoms with Crippen LogP contribution in [0.2, 0.25) is 0 Å². The predicted molar refractivity (Wildman–Crippen MR) is 140 cm³/mol. The van der Waals surface area contributed by atoms with Gasteiger partial charge in [-0.05, 0) is 61.9 Å². The lowest BCUT2D eigenvalue weighted by Gasteiger charge is -2.30. The molecule has 2 aliphatic rings. The number of aliphatic hydroxyl groups is 1. The number of benzene rings is 2. The molecule has 0 radical (unpaired) electrons. The quantitative estimate of drug-likeness (QED) is 0.349. The molecule has 1 saturated heterocycles. The second-order valence-electron chi connectivity index (χ2n) is 10.5. The SMILES string of the molecule is COc1ccc(C[C@H](NC(=O)[C@@]2(CO)CCCN2)C(=O)N[C@@H](Cc2ccccc2)C(=O)C2(C)CC2)cc1. The third kappa shape index (κ3) is 6.37. The van der Waals surface area contributed by atoms with Gasteiger partial charge in [-0.25, -0.2) is 0 Å². The number of amides is 2. The zero-order valence-corrected chi connectivity index (χ0v) is 21.6. The van der Waals surface area contributed by atoms with E-state index >= 15 is 0 Å². The number of hydrogen-bond donors (Lipinski definition) is 4. The van der Waals surface area contributed by atoms with Gasteiger partial charge in [-0.15, -0.1) is 0 Å². The lowest BCUT2D eigenvalue weighted by Crippen LogP contribution is -2.61. The Bertz CT molecular complexity index is 1090. The van der Waals surface area contributed by atoms with Crippen molar-refractivity contribution in [3.05, 3.63) is 65.7 Å². The van der Waals surface area contributed by atoms with Crippen LogP contribution in [0, 0.1) is 5.41 Å². The van der Waals surface area contributed by atoms with Gasteiger partial charge in [0.25, 0.3) is 0 Å². The summed E-state index contributed by atoms with van der Waals surface area (Å²) in [6.07, 6.45) is 3.47. The molecule has 1 aliphatic heterocycles. The highest BCUT2D eigenvalue weighted by atomic mass is 16.5. The molecule has 8 nitrogen and oxygen atoms in total. The first-order valence-electron chi connectivity index (χ1n) is 13.0. The molecule has 2 aromatic rings. The molecule has 198 valence electrons. The van der Waals surface area contributed by atoms with Gasteiger partial charge in [0, 0.05) is 11.8 Å². The summed E-state index contributed by atoms with van der Waals surface area (Å²) in [4.78, 5) is 40.4. The van der Waals surface area contributed by atoms with Gasteiger partial charge in [0.05, 0.1) is 19.8 Å². The molecule has 8 heteroatoms. The first kappa shape index (κ1) is 26.8. The van der Waals surface area contributed by atoms with E-state index in [4.69, 9.17) is 4.74 Å². The average Bonchev–Trinajstić information content (AvgIpc) is 3.47. The fraction of sp³-hybridized carbons (Fsp3) is 0.483. The molecule has 3 atom stereocenters.